The summed E-state index contributed by atoms with van der Waals surface area (Å²) in [5.74, 6) is 1.65. The van der Waals surface area contributed by atoms with Crippen LogP contribution in [0.25, 0.3) is 70.1 Å². The molecule has 0 saturated heterocycles. The van der Waals surface area contributed by atoms with E-state index in [1.807, 2.05) is 94.5 Å². The summed E-state index contributed by atoms with van der Waals surface area (Å²) in [6.07, 6.45) is 9.58. The predicted molar refractivity (Wildman–Crippen MR) is 245 cm³/mol. The molecule has 0 fully saturated rings. The fourth-order valence-corrected chi connectivity index (χ4v) is 7.45. The SMILES string of the molecule is C/C=C\C.C=C/C=C\C.CC.Cc1ccc2c3ccccc3n(-c3nc(-c4ccccc4)nc4ccccc34)c2c1.Cc1cccc2c1sc1ccccc12. The highest BCUT2D eigenvalue weighted by molar-refractivity contribution is 7.26. The second-order valence-corrected chi connectivity index (χ2v) is 13.7. The molecule has 4 heteroatoms. The summed E-state index contributed by atoms with van der Waals surface area (Å²) in [5.41, 5.74) is 6.89. The number of hydrogen-bond acceptors (Lipinski definition) is 3. The van der Waals surface area contributed by atoms with E-state index in [9.17, 15) is 0 Å². The van der Waals surface area contributed by atoms with Crippen LogP contribution in [0.15, 0.2) is 176 Å². The number of benzene rings is 6. The average molecular weight is 738 g/mol. The molecule has 0 aliphatic heterocycles. The lowest BCUT2D eigenvalue weighted by molar-refractivity contribution is 1.07. The number of para-hydroxylation sites is 2. The molecule has 0 bridgehead atoms. The molecule has 9 aromatic rings. The zero-order valence-corrected chi connectivity index (χ0v) is 33.9. The molecule has 0 unspecified atom stereocenters. The largest absolute Gasteiger partial charge is 0.293 e. The van der Waals surface area contributed by atoms with Gasteiger partial charge in [0.15, 0.2) is 5.82 Å². The number of aromatic nitrogens is 3. The number of thiophene rings is 1. The number of fused-ring (bicyclic) bond motifs is 7. The van der Waals surface area contributed by atoms with E-state index in [-0.39, 0.29) is 0 Å². The Morgan fingerprint density at radius 3 is 1.87 bits per heavy atom. The van der Waals surface area contributed by atoms with Gasteiger partial charge in [0.1, 0.15) is 5.82 Å². The van der Waals surface area contributed by atoms with Crippen molar-refractivity contribution >= 4 is 64.2 Å². The maximum absolute atomic E-state index is 5.10. The summed E-state index contributed by atoms with van der Waals surface area (Å²) < 4.78 is 5.10. The van der Waals surface area contributed by atoms with Gasteiger partial charge in [-0.25, -0.2) is 9.97 Å². The average Bonchev–Trinajstić information content (AvgIpc) is 3.79. The van der Waals surface area contributed by atoms with Crippen LogP contribution in [-0.2, 0) is 0 Å². The van der Waals surface area contributed by atoms with Crippen LogP contribution in [0.5, 0.6) is 0 Å². The van der Waals surface area contributed by atoms with Crippen LogP contribution >= 0.6 is 11.3 Å². The van der Waals surface area contributed by atoms with Gasteiger partial charge in [-0.2, -0.15) is 0 Å². The van der Waals surface area contributed by atoms with Crippen LogP contribution in [0.3, 0.4) is 0 Å². The van der Waals surface area contributed by atoms with E-state index < -0.39 is 0 Å². The molecule has 0 atom stereocenters. The highest BCUT2D eigenvalue weighted by atomic mass is 32.1. The molecule has 3 nitrogen and oxygen atoms in total. The lowest BCUT2D eigenvalue weighted by Crippen LogP contribution is -2.02. The summed E-state index contributed by atoms with van der Waals surface area (Å²) in [6.45, 7) is 17.7. The summed E-state index contributed by atoms with van der Waals surface area (Å²) in [4.78, 5) is 9.96. The quantitative estimate of drug-likeness (QED) is 0.134. The first kappa shape index (κ1) is 40.1. The molecule has 0 N–H and O–H groups in total. The first-order valence-corrected chi connectivity index (χ1v) is 19.8. The van der Waals surface area contributed by atoms with Crippen molar-refractivity contribution in [3.63, 3.8) is 0 Å². The van der Waals surface area contributed by atoms with Gasteiger partial charge < -0.3 is 0 Å². The molecule has 276 valence electrons. The van der Waals surface area contributed by atoms with Crippen molar-refractivity contribution < 1.29 is 0 Å². The molecule has 3 heterocycles. The Labute approximate surface area is 330 Å². The van der Waals surface area contributed by atoms with Gasteiger partial charge in [0.05, 0.1) is 16.6 Å². The molecular weight excluding hydrogens is 687 g/mol. The van der Waals surface area contributed by atoms with Crippen LogP contribution in [-0.4, -0.2) is 14.5 Å². The lowest BCUT2D eigenvalue weighted by atomic mass is 10.1. The molecular formula is C51H51N3S. The minimum Gasteiger partial charge on any atom is -0.293 e. The fourth-order valence-electron chi connectivity index (χ4n) is 6.28. The van der Waals surface area contributed by atoms with E-state index in [1.165, 1.54) is 47.6 Å². The van der Waals surface area contributed by atoms with Crippen molar-refractivity contribution in [2.45, 2.75) is 48.5 Å². The summed E-state index contributed by atoms with van der Waals surface area (Å²) in [7, 11) is 0. The number of aryl methyl sites for hydroxylation is 2. The topological polar surface area (TPSA) is 30.7 Å². The molecule has 0 aliphatic carbocycles. The Morgan fingerprint density at radius 2 is 1.18 bits per heavy atom. The Bertz CT molecular complexity index is 2690. The highest BCUT2D eigenvalue weighted by Gasteiger charge is 2.17. The second kappa shape index (κ2) is 19.8. The van der Waals surface area contributed by atoms with Crippen LogP contribution < -0.4 is 0 Å². The summed E-state index contributed by atoms with van der Waals surface area (Å²) >= 11 is 1.89. The van der Waals surface area contributed by atoms with Crippen LogP contribution in [0, 0.1) is 13.8 Å². The van der Waals surface area contributed by atoms with Gasteiger partial charge in [-0.3, -0.25) is 4.57 Å². The predicted octanol–water partition coefficient (Wildman–Crippen LogP) is 15.4. The third-order valence-corrected chi connectivity index (χ3v) is 10.2. The lowest BCUT2D eigenvalue weighted by Gasteiger charge is -2.12. The monoisotopic (exact) mass is 737 g/mol. The Balaban J connectivity index is 0.000000192. The van der Waals surface area contributed by atoms with Crippen LogP contribution in [0.2, 0.25) is 0 Å². The van der Waals surface area contributed by atoms with E-state index in [0.717, 1.165) is 33.6 Å². The van der Waals surface area contributed by atoms with Gasteiger partial charge in [0.2, 0.25) is 0 Å². The van der Waals surface area contributed by atoms with Crippen LogP contribution in [0.4, 0.5) is 0 Å². The molecule has 6 aromatic carbocycles. The summed E-state index contributed by atoms with van der Waals surface area (Å²) in [6, 6.07) is 48.7. The second-order valence-electron chi connectivity index (χ2n) is 12.6. The minimum atomic E-state index is 0.739. The Kier molecular flexibility index (Phi) is 14.5. The number of rotatable bonds is 3. The van der Waals surface area contributed by atoms with Crippen molar-refractivity contribution in [3.05, 3.63) is 188 Å². The fraction of sp³-hybridized carbons (Fsp3) is 0.137. The standard InChI is InChI=1S/C27H19N3.C13H10S.C5H8.C4H8.C2H6/c1-18-15-16-21-20-11-6-8-14-24(20)30(25(21)17-18)27-22-12-5-7-13-23(22)28-26(29-27)19-9-3-2-4-10-19;1-9-5-4-7-11-10-6-2-3-8-12(10)14-13(9)11;1-3-5-4-2;1-3-4-2;1-2/h2-17H,1H3;2-8H,1H3;3-5H,1H2,2H3;3-4H,1-2H3;1-2H3/b;;5-4-;4-3-;. The van der Waals surface area contributed by atoms with Gasteiger partial charge in [-0.1, -0.05) is 160 Å². The number of allylic oxidation sites excluding steroid dienone is 5. The van der Waals surface area contributed by atoms with Crippen molar-refractivity contribution in [2.75, 3.05) is 0 Å². The van der Waals surface area contributed by atoms with Gasteiger partial charge in [0.25, 0.3) is 0 Å². The van der Waals surface area contributed by atoms with Crippen molar-refractivity contribution in [1.82, 2.24) is 14.5 Å². The van der Waals surface area contributed by atoms with E-state index in [1.54, 1.807) is 6.08 Å². The van der Waals surface area contributed by atoms with Crippen molar-refractivity contribution in [3.8, 4) is 17.2 Å². The van der Waals surface area contributed by atoms with Crippen molar-refractivity contribution in [1.29, 1.82) is 0 Å². The molecule has 3 aromatic heterocycles. The van der Waals surface area contributed by atoms with E-state index >= 15 is 0 Å². The maximum atomic E-state index is 5.10. The van der Waals surface area contributed by atoms with Gasteiger partial charge in [-0.15, -0.1) is 11.3 Å². The molecule has 0 spiro atoms. The smallest absolute Gasteiger partial charge is 0.162 e. The van der Waals surface area contributed by atoms with Gasteiger partial charge in [0, 0.05) is 41.9 Å². The molecule has 0 aliphatic rings. The van der Waals surface area contributed by atoms with E-state index in [4.69, 9.17) is 9.97 Å². The molecule has 0 radical (unpaired) electrons. The zero-order valence-electron chi connectivity index (χ0n) is 33.1. The molecule has 9 rings (SSSR count). The zero-order chi connectivity index (χ0) is 39.2. The third kappa shape index (κ3) is 9.17. The van der Waals surface area contributed by atoms with Crippen LogP contribution in [0.1, 0.15) is 45.7 Å². The number of hydrogen-bond donors (Lipinski definition) is 0. The number of nitrogens with zero attached hydrogens (tertiary/aromatic N) is 3. The maximum Gasteiger partial charge on any atom is 0.162 e. The first-order chi connectivity index (χ1) is 27.0. The van der Waals surface area contributed by atoms with E-state index in [0.29, 0.717) is 0 Å². The van der Waals surface area contributed by atoms with Gasteiger partial charge in [-0.05, 0) is 76.1 Å². The molecule has 55 heavy (non-hydrogen) atoms. The third-order valence-electron chi connectivity index (χ3n) is 8.92. The minimum absolute atomic E-state index is 0.739. The normalized spacial score (nSPS) is 10.7. The Morgan fingerprint density at radius 1 is 0.564 bits per heavy atom. The first-order valence-electron chi connectivity index (χ1n) is 19.0. The Hall–Kier alpha value is -6.10. The van der Waals surface area contributed by atoms with Crippen molar-refractivity contribution in [2.24, 2.45) is 0 Å². The molecule has 0 amide bonds. The highest BCUT2D eigenvalue weighted by Crippen LogP contribution is 2.36. The van der Waals surface area contributed by atoms with Gasteiger partial charge >= 0.3 is 0 Å². The summed E-state index contributed by atoms with van der Waals surface area (Å²) in [5, 5.41) is 6.29. The molecule has 0 saturated carbocycles. The van der Waals surface area contributed by atoms with E-state index in [2.05, 4.69) is 140 Å².